The van der Waals surface area contributed by atoms with Crippen molar-refractivity contribution in [3.63, 3.8) is 0 Å². The molecule has 1 aliphatic rings. The Hall–Kier alpha value is -2.54. The summed E-state index contributed by atoms with van der Waals surface area (Å²) in [7, 11) is 1.78. The molecule has 0 aliphatic carbocycles. The van der Waals surface area contributed by atoms with Gasteiger partial charge in [0.1, 0.15) is 5.82 Å². The van der Waals surface area contributed by atoms with E-state index in [1.165, 1.54) is 0 Å². The molecule has 1 fully saturated rings. The number of pyridine rings is 1. The summed E-state index contributed by atoms with van der Waals surface area (Å²) in [5, 5.41) is 6.66. The molecule has 3 rings (SSSR count). The second-order valence-corrected chi connectivity index (χ2v) is 6.96. The lowest BCUT2D eigenvalue weighted by Crippen LogP contribution is -2.45. The predicted octanol–water partition coefficient (Wildman–Crippen LogP) is 1.86. The van der Waals surface area contributed by atoms with Crippen LogP contribution >= 0.6 is 0 Å². The highest BCUT2D eigenvalue weighted by atomic mass is 16.5. The van der Waals surface area contributed by atoms with Gasteiger partial charge in [-0.05, 0) is 37.6 Å². The monoisotopic (exact) mass is 370 g/mol. The second kappa shape index (κ2) is 9.41. The van der Waals surface area contributed by atoms with Crippen LogP contribution in [0.15, 0.2) is 47.8 Å². The maximum atomic E-state index is 5.79. The minimum atomic E-state index is 0.234. The molecule has 2 unspecified atom stereocenters. The Balaban J connectivity index is 1.46. The molecule has 3 heterocycles. The van der Waals surface area contributed by atoms with Crippen LogP contribution in [0.5, 0.6) is 0 Å². The van der Waals surface area contributed by atoms with Gasteiger partial charge in [0.15, 0.2) is 5.96 Å². The molecule has 0 spiro atoms. The number of hydrogen-bond acceptors (Lipinski definition) is 4. The molecular formula is C20H30N6O. The molecule has 0 saturated carbocycles. The first-order valence-corrected chi connectivity index (χ1v) is 9.54. The van der Waals surface area contributed by atoms with Crippen LogP contribution in [0.2, 0.25) is 0 Å². The minimum Gasteiger partial charge on any atom is -0.372 e. The summed E-state index contributed by atoms with van der Waals surface area (Å²) < 4.78 is 7.93. The van der Waals surface area contributed by atoms with Crippen molar-refractivity contribution in [1.82, 2.24) is 20.2 Å². The Bertz CT molecular complexity index is 703. The van der Waals surface area contributed by atoms with Crippen molar-refractivity contribution in [2.24, 2.45) is 4.99 Å². The largest absolute Gasteiger partial charge is 0.372 e. The standard InChI is InChI=1S/C20H30N6O/c1-16-14-26(15-17(2)27-16)19-7-6-18(12-23-19)13-24-20(21-3)22-8-11-25-9-4-5-10-25/h4-7,9-10,12,16-17H,8,11,13-15H2,1-3H3,(H2,21,22,24). The molecule has 0 aromatic carbocycles. The minimum absolute atomic E-state index is 0.234. The second-order valence-electron chi connectivity index (χ2n) is 6.96. The average molecular weight is 371 g/mol. The zero-order chi connectivity index (χ0) is 19.1. The molecule has 2 aromatic heterocycles. The van der Waals surface area contributed by atoms with E-state index in [9.17, 15) is 0 Å². The highest BCUT2D eigenvalue weighted by molar-refractivity contribution is 5.79. The fourth-order valence-electron chi connectivity index (χ4n) is 3.30. The summed E-state index contributed by atoms with van der Waals surface area (Å²) in [4.78, 5) is 11.2. The van der Waals surface area contributed by atoms with E-state index in [-0.39, 0.29) is 12.2 Å². The van der Waals surface area contributed by atoms with Crippen molar-refractivity contribution in [1.29, 1.82) is 0 Å². The third-order valence-corrected chi connectivity index (χ3v) is 4.56. The number of hydrogen-bond donors (Lipinski definition) is 2. The Morgan fingerprint density at radius 2 is 1.93 bits per heavy atom. The quantitative estimate of drug-likeness (QED) is 0.600. The Morgan fingerprint density at radius 1 is 1.19 bits per heavy atom. The van der Waals surface area contributed by atoms with Crippen molar-refractivity contribution >= 4 is 11.8 Å². The van der Waals surface area contributed by atoms with Gasteiger partial charge in [-0.1, -0.05) is 6.07 Å². The first-order valence-electron chi connectivity index (χ1n) is 9.54. The van der Waals surface area contributed by atoms with Crippen LogP contribution in [-0.4, -0.2) is 54.4 Å². The van der Waals surface area contributed by atoms with Gasteiger partial charge in [0.25, 0.3) is 0 Å². The smallest absolute Gasteiger partial charge is 0.191 e. The maximum absolute atomic E-state index is 5.79. The van der Waals surface area contributed by atoms with Gasteiger partial charge in [-0.25, -0.2) is 4.98 Å². The fourth-order valence-corrected chi connectivity index (χ4v) is 3.30. The third-order valence-electron chi connectivity index (χ3n) is 4.56. The van der Waals surface area contributed by atoms with Gasteiger partial charge in [-0.15, -0.1) is 0 Å². The normalized spacial score (nSPS) is 20.6. The number of aromatic nitrogens is 2. The highest BCUT2D eigenvalue weighted by Gasteiger charge is 2.22. The molecule has 1 saturated heterocycles. The number of aliphatic imine (C=N–C) groups is 1. The van der Waals surface area contributed by atoms with Crippen LogP contribution in [0.1, 0.15) is 19.4 Å². The zero-order valence-corrected chi connectivity index (χ0v) is 16.4. The van der Waals surface area contributed by atoms with Crippen molar-refractivity contribution < 1.29 is 4.74 Å². The lowest BCUT2D eigenvalue weighted by molar-refractivity contribution is -0.00545. The van der Waals surface area contributed by atoms with E-state index in [1.54, 1.807) is 7.05 Å². The van der Waals surface area contributed by atoms with Crippen molar-refractivity contribution in [3.05, 3.63) is 48.4 Å². The molecule has 146 valence electrons. The van der Waals surface area contributed by atoms with E-state index in [0.29, 0.717) is 6.54 Å². The number of nitrogens with one attached hydrogen (secondary N) is 2. The van der Waals surface area contributed by atoms with Crippen molar-refractivity contribution in [3.8, 4) is 0 Å². The van der Waals surface area contributed by atoms with Gasteiger partial charge in [-0.3, -0.25) is 4.99 Å². The summed E-state index contributed by atoms with van der Waals surface area (Å²) in [6.07, 6.45) is 6.51. The number of rotatable bonds is 6. The molecule has 0 radical (unpaired) electrons. The molecule has 2 atom stereocenters. The molecule has 7 nitrogen and oxygen atoms in total. The van der Waals surface area contributed by atoms with Crippen LogP contribution in [0.25, 0.3) is 0 Å². The van der Waals surface area contributed by atoms with Crippen LogP contribution in [-0.2, 0) is 17.8 Å². The van der Waals surface area contributed by atoms with E-state index in [0.717, 1.165) is 43.5 Å². The number of nitrogens with zero attached hydrogens (tertiary/aromatic N) is 4. The number of guanidine groups is 1. The summed E-state index contributed by atoms with van der Waals surface area (Å²) >= 11 is 0. The lowest BCUT2D eigenvalue weighted by Gasteiger charge is -2.36. The van der Waals surface area contributed by atoms with Gasteiger partial charge in [0.2, 0.25) is 0 Å². The zero-order valence-electron chi connectivity index (χ0n) is 16.4. The fraction of sp³-hybridized carbons (Fsp3) is 0.500. The van der Waals surface area contributed by atoms with Gasteiger partial charge >= 0.3 is 0 Å². The number of ether oxygens (including phenoxy) is 1. The van der Waals surface area contributed by atoms with E-state index >= 15 is 0 Å². The topological polar surface area (TPSA) is 66.7 Å². The van der Waals surface area contributed by atoms with Crippen LogP contribution in [0.3, 0.4) is 0 Å². The van der Waals surface area contributed by atoms with E-state index in [4.69, 9.17) is 4.74 Å². The van der Waals surface area contributed by atoms with Crippen molar-refractivity contribution in [2.75, 3.05) is 31.6 Å². The van der Waals surface area contributed by atoms with Gasteiger partial charge < -0.3 is 24.8 Å². The summed E-state index contributed by atoms with van der Waals surface area (Å²) in [5.41, 5.74) is 1.13. The predicted molar refractivity (Wildman–Crippen MR) is 109 cm³/mol. The van der Waals surface area contributed by atoms with Crippen LogP contribution in [0.4, 0.5) is 5.82 Å². The van der Waals surface area contributed by atoms with Gasteiger partial charge in [-0.2, -0.15) is 0 Å². The van der Waals surface area contributed by atoms with Crippen LogP contribution < -0.4 is 15.5 Å². The third kappa shape index (κ3) is 5.72. The maximum Gasteiger partial charge on any atom is 0.191 e. The molecule has 7 heteroatoms. The molecule has 0 amide bonds. The van der Waals surface area contributed by atoms with Gasteiger partial charge in [0, 0.05) is 58.4 Å². The Kier molecular flexibility index (Phi) is 6.70. The van der Waals surface area contributed by atoms with E-state index in [2.05, 4.69) is 68.5 Å². The highest BCUT2D eigenvalue weighted by Crippen LogP contribution is 2.18. The first-order chi connectivity index (χ1) is 13.1. The van der Waals surface area contributed by atoms with Crippen LogP contribution in [0, 0.1) is 0 Å². The molecule has 2 N–H and O–H groups in total. The summed E-state index contributed by atoms with van der Waals surface area (Å²) in [6.45, 7) is 8.39. The molecular weight excluding hydrogens is 340 g/mol. The Morgan fingerprint density at radius 3 is 2.56 bits per heavy atom. The number of morpholine rings is 1. The van der Waals surface area contributed by atoms with E-state index < -0.39 is 0 Å². The molecule has 0 bridgehead atoms. The number of anilines is 1. The molecule has 27 heavy (non-hydrogen) atoms. The Labute approximate surface area is 161 Å². The molecule has 2 aromatic rings. The lowest BCUT2D eigenvalue weighted by atomic mass is 10.2. The first kappa shape index (κ1) is 19.2. The summed E-state index contributed by atoms with van der Waals surface area (Å²) in [6, 6.07) is 8.27. The SMILES string of the molecule is CN=C(NCCn1cccc1)NCc1ccc(N2CC(C)OC(C)C2)nc1. The van der Waals surface area contributed by atoms with Crippen molar-refractivity contribution in [2.45, 2.75) is 39.1 Å². The summed E-state index contributed by atoms with van der Waals surface area (Å²) in [5.74, 6) is 1.80. The van der Waals surface area contributed by atoms with E-state index in [1.807, 2.05) is 18.3 Å². The molecule has 1 aliphatic heterocycles. The van der Waals surface area contributed by atoms with Gasteiger partial charge in [0.05, 0.1) is 12.2 Å². The average Bonchev–Trinajstić information content (AvgIpc) is 3.17.